The second-order valence-electron chi connectivity index (χ2n) is 4.00. The predicted molar refractivity (Wildman–Crippen MR) is 65.6 cm³/mol. The van der Waals surface area contributed by atoms with E-state index in [1.807, 2.05) is 6.92 Å². The first-order chi connectivity index (χ1) is 8.46. The normalized spacial score (nSPS) is 17.1. The lowest BCUT2D eigenvalue weighted by molar-refractivity contribution is 0.272. The summed E-state index contributed by atoms with van der Waals surface area (Å²) in [5, 5.41) is 0. The van der Waals surface area contributed by atoms with E-state index in [-0.39, 0.29) is 4.90 Å². The first-order valence-corrected chi connectivity index (χ1v) is 7.03. The van der Waals surface area contributed by atoms with Gasteiger partial charge in [-0.1, -0.05) is 6.92 Å². The van der Waals surface area contributed by atoms with Crippen LogP contribution in [0.5, 0.6) is 0 Å². The van der Waals surface area contributed by atoms with Gasteiger partial charge in [-0.05, 0) is 24.6 Å². The summed E-state index contributed by atoms with van der Waals surface area (Å²) in [5.74, 6) is -0.133. The number of sulfonamides is 1. The van der Waals surface area contributed by atoms with Crippen LogP contribution in [0.4, 0.5) is 4.39 Å². The predicted octanol–water partition coefficient (Wildman–Crippen LogP) is 2.18. The summed E-state index contributed by atoms with van der Waals surface area (Å²) in [5.41, 5.74) is 0.406. The first-order valence-electron chi connectivity index (χ1n) is 5.59. The average Bonchev–Trinajstić information content (AvgIpc) is 2.33. The van der Waals surface area contributed by atoms with Gasteiger partial charge in [0.05, 0.1) is 12.8 Å². The minimum Gasteiger partial charge on any atom is -0.491 e. The molecule has 98 valence electrons. The largest absolute Gasteiger partial charge is 0.491 e. The Morgan fingerprint density at radius 3 is 2.78 bits per heavy atom. The highest BCUT2D eigenvalue weighted by Gasteiger charge is 2.30. The lowest BCUT2D eigenvalue weighted by atomic mass is 10.2. The molecule has 18 heavy (non-hydrogen) atoms. The Kier molecular flexibility index (Phi) is 3.30. The fourth-order valence-corrected chi connectivity index (χ4v) is 2.95. The quantitative estimate of drug-likeness (QED) is 0.846. The first kappa shape index (κ1) is 12.9. The molecule has 0 aliphatic carbocycles. The maximum absolute atomic E-state index is 13.2. The van der Waals surface area contributed by atoms with Gasteiger partial charge < -0.3 is 4.74 Å². The number of hydrogen-bond donors (Lipinski definition) is 0. The van der Waals surface area contributed by atoms with Crippen molar-refractivity contribution in [3.8, 4) is 0 Å². The molecule has 0 unspecified atom stereocenters. The van der Waals surface area contributed by atoms with Crippen LogP contribution in [0.3, 0.4) is 0 Å². The molecule has 1 heterocycles. The van der Waals surface area contributed by atoms with Crippen LogP contribution in [-0.2, 0) is 14.8 Å². The van der Waals surface area contributed by atoms with Crippen LogP contribution in [0.1, 0.15) is 18.9 Å². The number of benzene rings is 1. The van der Waals surface area contributed by atoms with Crippen molar-refractivity contribution in [1.82, 2.24) is 4.31 Å². The van der Waals surface area contributed by atoms with Crippen molar-refractivity contribution in [3.63, 3.8) is 0 Å². The summed E-state index contributed by atoms with van der Waals surface area (Å²) in [6, 6.07) is 3.67. The van der Waals surface area contributed by atoms with Gasteiger partial charge in [-0.2, -0.15) is 0 Å². The lowest BCUT2D eigenvalue weighted by Gasteiger charge is -2.25. The summed E-state index contributed by atoms with van der Waals surface area (Å²) in [6.45, 7) is 2.44. The number of fused-ring (bicyclic) bond motifs is 1. The zero-order valence-electron chi connectivity index (χ0n) is 10.2. The van der Waals surface area contributed by atoms with Crippen molar-refractivity contribution in [2.24, 2.45) is 0 Å². The van der Waals surface area contributed by atoms with E-state index in [9.17, 15) is 12.8 Å². The number of halogens is 1. The highest BCUT2D eigenvalue weighted by molar-refractivity contribution is 7.89. The van der Waals surface area contributed by atoms with Gasteiger partial charge in [-0.15, -0.1) is 0 Å². The van der Waals surface area contributed by atoms with Crippen molar-refractivity contribution < 1.29 is 17.5 Å². The van der Waals surface area contributed by atoms with E-state index in [2.05, 4.69) is 0 Å². The van der Waals surface area contributed by atoms with Crippen molar-refractivity contribution in [3.05, 3.63) is 35.8 Å². The Balaban J connectivity index is 2.56. The van der Waals surface area contributed by atoms with Crippen LogP contribution in [-0.4, -0.2) is 26.4 Å². The highest BCUT2D eigenvalue weighted by Crippen LogP contribution is 2.32. The minimum absolute atomic E-state index is 0.0568. The van der Waals surface area contributed by atoms with E-state index < -0.39 is 15.8 Å². The highest BCUT2D eigenvalue weighted by atomic mass is 32.2. The third-order valence-electron chi connectivity index (χ3n) is 2.63. The van der Waals surface area contributed by atoms with Gasteiger partial charge in [0, 0.05) is 12.6 Å². The smallest absolute Gasteiger partial charge is 0.264 e. The SMILES string of the molecule is CCCOC1=CN(C)S(=O)(=O)c2cc(F)ccc21. The van der Waals surface area contributed by atoms with Crippen molar-refractivity contribution in [2.45, 2.75) is 18.2 Å². The van der Waals surface area contributed by atoms with Gasteiger partial charge in [0.15, 0.2) is 0 Å². The molecule has 0 aromatic heterocycles. The fraction of sp³-hybridized carbons (Fsp3) is 0.333. The molecule has 1 aromatic rings. The minimum atomic E-state index is -3.66. The summed E-state index contributed by atoms with van der Waals surface area (Å²) in [6.07, 6.45) is 2.22. The molecule has 0 N–H and O–H groups in total. The molecule has 2 rings (SSSR count). The molecule has 1 aliphatic heterocycles. The van der Waals surface area contributed by atoms with Crippen LogP contribution in [0.25, 0.3) is 5.76 Å². The van der Waals surface area contributed by atoms with Gasteiger partial charge >= 0.3 is 0 Å². The maximum atomic E-state index is 13.2. The van der Waals surface area contributed by atoms with Crippen LogP contribution < -0.4 is 0 Å². The molecule has 4 nitrogen and oxygen atoms in total. The molecule has 0 bridgehead atoms. The molecule has 0 saturated carbocycles. The van der Waals surface area contributed by atoms with Crippen molar-refractivity contribution in [1.29, 1.82) is 0 Å². The molecule has 0 spiro atoms. The van der Waals surface area contributed by atoms with Crippen LogP contribution in [0, 0.1) is 5.82 Å². The van der Waals surface area contributed by atoms with Crippen LogP contribution >= 0.6 is 0 Å². The third-order valence-corrected chi connectivity index (χ3v) is 4.38. The van der Waals surface area contributed by atoms with Gasteiger partial charge in [-0.25, -0.2) is 12.8 Å². The van der Waals surface area contributed by atoms with Crippen LogP contribution in [0.15, 0.2) is 29.3 Å². The van der Waals surface area contributed by atoms with Crippen LogP contribution in [0.2, 0.25) is 0 Å². The molecule has 1 aromatic carbocycles. The average molecular weight is 271 g/mol. The Bertz CT molecular complexity index is 595. The molecule has 0 saturated heterocycles. The zero-order chi connectivity index (χ0) is 13.3. The van der Waals surface area contributed by atoms with Crippen molar-refractivity contribution in [2.75, 3.05) is 13.7 Å². The molecule has 1 aliphatic rings. The van der Waals surface area contributed by atoms with E-state index in [0.717, 1.165) is 16.8 Å². The second kappa shape index (κ2) is 4.61. The molecule has 0 radical (unpaired) electrons. The van der Waals surface area contributed by atoms with Gasteiger partial charge in [0.2, 0.25) is 0 Å². The van der Waals surface area contributed by atoms with E-state index >= 15 is 0 Å². The fourth-order valence-electron chi connectivity index (χ4n) is 1.70. The Labute approximate surface area is 106 Å². The number of hydrogen-bond acceptors (Lipinski definition) is 3. The number of ether oxygens (including phenoxy) is 1. The third kappa shape index (κ3) is 2.08. The summed E-state index contributed by atoms with van der Waals surface area (Å²) >= 11 is 0. The topological polar surface area (TPSA) is 46.6 Å². The lowest BCUT2D eigenvalue weighted by Crippen LogP contribution is -2.27. The molecule has 6 heteroatoms. The molecule has 0 fully saturated rings. The zero-order valence-corrected chi connectivity index (χ0v) is 11.0. The molecular weight excluding hydrogens is 257 g/mol. The second-order valence-corrected chi connectivity index (χ2v) is 5.97. The van der Waals surface area contributed by atoms with E-state index in [1.54, 1.807) is 0 Å². The number of rotatable bonds is 3. The summed E-state index contributed by atoms with van der Waals surface area (Å²) in [7, 11) is -2.26. The summed E-state index contributed by atoms with van der Waals surface area (Å²) in [4.78, 5) is -0.0568. The van der Waals surface area contributed by atoms with Gasteiger partial charge in [-0.3, -0.25) is 4.31 Å². The Morgan fingerprint density at radius 2 is 2.11 bits per heavy atom. The maximum Gasteiger partial charge on any atom is 0.264 e. The molecule has 0 atom stereocenters. The standard InChI is InChI=1S/C12H14FNO3S/c1-3-6-17-11-8-14(2)18(15,16)12-7-9(13)4-5-10(11)12/h4-5,7-8H,3,6H2,1-2H3. The summed E-state index contributed by atoms with van der Waals surface area (Å²) < 4.78 is 43.8. The molecule has 0 amide bonds. The van der Waals surface area contributed by atoms with E-state index in [0.29, 0.717) is 17.9 Å². The van der Waals surface area contributed by atoms with Gasteiger partial charge in [0.1, 0.15) is 16.5 Å². The molecular formula is C12H14FNO3S. The monoisotopic (exact) mass is 271 g/mol. The van der Waals surface area contributed by atoms with Gasteiger partial charge in [0.25, 0.3) is 10.0 Å². The van der Waals surface area contributed by atoms with Crippen molar-refractivity contribution >= 4 is 15.8 Å². The number of nitrogens with zero attached hydrogens (tertiary/aromatic N) is 1. The van der Waals surface area contributed by atoms with E-state index in [4.69, 9.17) is 4.74 Å². The van der Waals surface area contributed by atoms with E-state index in [1.165, 1.54) is 25.4 Å². The Morgan fingerprint density at radius 1 is 1.39 bits per heavy atom. The Hall–Kier alpha value is -1.56.